The minimum atomic E-state index is -0.275. The summed E-state index contributed by atoms with van der Waals surface area (Å²) in [4.78, 5) is 4.12. The van der Waals surface area contributed by atoms with Crippen LogP contribution in [0.25, 0.3) is 0 Å². The molecule has 3 nitrogen and oxygen atoms in total. The van der Waals surface area contributed by atoms with Gasteiger partial charge in [0.2, 0.25) is 0 Å². The summed E-state index contributed by atoms with van der Waals surface area (Å²) in [6.07, 6.45) is 1.70. The maximum absolute atomic E-state index is 13.7. The van der Waals surface area contributed by atoms with Gasteiger partial charge in [0, 0.05) is 24.5 Å². The van der Waals surface area contributed by atoms with E-state index >= 15 is 0 Å². The summed E-state index contributed by atoms with van der Waals surface area (Å²) in [6.45, 7) is 2.03. The first-order valence-corrected chi connectivity index (χ1v) is 5.72. The van der Waals surface area contributed by atoms with E-state index in [1.54, 1.807) is 25.4 Å². The fraction of sp³-hybridized carbons (Fsp3) is 0.214. The molecule has 0 unspecified atom stereocenters. The average molecular weight is 246 g/mol. The second-order valence-electron chi connectivity index (χ2n) is 3.89. The molecule has 0 spiro atoms. The van der Waals surface area contributed by atoms with Crippen molar-refractivity contribution in [3.05, 3.63) is 53.6 Å². The predicted molar refractivity (Wildman–Crippen MR) is 69.3 cm³/mol. The van der Waals surface area contributed by atoms with Gasteiger partial charge in [-0.2, -0.15) is 0 Å². The van der Waals surface area contributed by atoms with Crippen LogP contribution in [0.3, 0.4) is 0 Å². The lowest BCUT2D eigenvalue weighted by Gasteiger charge is -2.12. The highest BCUT2D eigenvalue weighted by molar-refractivity contribution is 5.51. The zero-order valence-electron chi connectivity index (χ0n) is 10.4. The zero-order chi connectivity index (χ0) is 13.0. The predicted octanol–water partition coefficient (Wildman–Crippen LogP) is 3.15. The summed E-state index contributed by atoms with van der Waals surface area (Å²) in [7, 11) is 1.76. The van der Waals surface area contributed by atoms with Crippen LogP contribution in [-0.4, -0.2) is 12.0 Å². The van der Waals surface area contributed by atoms with Crippen LogP contribution in [0.1, 0.15) is 11.3 Å². The van der Waals surface area contributed by atoms with Crippen molar-refractivity contribution in [2.24, 2.45) is 0 Å². The smallest absolute Gasteiger partial charge is 0.141 e. The van der Waals surface area contributed by atoms with Gasteiger partial charge in [0.15, 0.2) is 0 Å². The largest absolute Gasteiger partial charge is 0.487 e. The van der Waals surface area contributed by atoms with E-state index in [1.807, 2.05) is 19.1 Å². The number of benzene rings is 1. The van der Waals surface area contributed by atoms with Gasteiger partial charge in [0.25, 0.3) is 0 Å². The quantitative estimate of drug-likeness (QED) is 0.899. The number of ether oxygens (including phenoxy) is 1. The van der Waals surface area contributed by atoms with Crippen molar-refractivity contribution in [1.82, 2.24) is 4.98 Å². The minimum absolute atomic E-state index is 0.176. The lowest BCUT2D eigenvalue weighted by molar-refractivity contribution is 0.297. The fourth-order valence-corrected chi connectivity index (χ4v) is 1.71. The van der Waals surface area contributed by atoms with Gasteiger partial charge in [-0.3, -0.25) is 4.98 Å². The molecule has 0 aliphatic heterocycles. The van der Waals surface area contributed by atoms with E-state index in [-0.39, 0.29) is 12.4 Å². The standard InChI is InChI=1S/C14H15FN2O/c1-10-14(7-4-8-17-10)18-9-11-12(15)5-3-6-13(11)16-2/h3-8,16H,9H2,1-2H3. The highest BCUT2D eigenvalue weighted by Gasteiger charge is 2.09. The molecule has 1 aromatic heterocycles. The maximum Gasteiger partial charge on any atom is 0.141 e. The summed E-state index contributed by atoms with van der Waals surface area (Å²) >= 11 is 0. The SMILES string of the molecule is CNc1cccc(F)c1COc1cccnc1C. The Labute approximate surface area is 106 Å². The molecular formula is C14H15FN2O. The second kappa shape index (κ2) is 5.49. The molecule has 0 amide bonds. The number of aromatic nitrogens is 1. The van der Waals surface area contributed by atoms with Crippen molar-refractivity contribution in [3.63, 3.8) is 0 Å². The third-order valence-corrected chi connectivity index (χ3v) is 2.72. The number of hydrogen-bond donors (Lipinski definition) is 1. The van der Waals surface area contributed by atoms with Crippen LogP contribution in [0.2, 0.25) is 0 Å². The molecule has 18 heavy (non-hydrogen) atoms. The Bertz CT molecular complexity index is 543. The molecule has 4 heteroatoms. The van der Waals surface area contributed by atoms with Gasteiger partial charge in [-0.15, -0.1) is 0 Å². The van der Waals surface area contributed by atoms with Crippen molar-refractivity contribution < 1.29 is 9.13 Å². The Morgan fingerprint density at radius 2 is 2.11 bits per heavy atom. The number of hydrogen-bond acceptors (Lipinski definition) is 3. The van der Waals surface area contributed by atoms with Crippen LogP contribution in [0, 0.1) is 12.7 Å². The van der Waals surface area contributed by atoms with Gasteiger partial charge in [0.1, 0.15) is 18.2 Å². The molecule has 2 aromatic rings. The van der Waals surface area contributed by atoms with Crippen molar-refractivity contribution >= 4 is 5.69 Å². The van der Waals surface area contributed by atoms with Crippen LogP contribution < -0.4 is 10.1 Å². The molecule has 2 rings (SSSR count). The molecule has 0 atom stereocenters. The van der Waals surface area contributed by atoms with E-state index in [0.29, 0.717) is 11.3 Å². The van der Waals surface area contributed by atoms with Gasteiger partial charge in [-0.05, 0) is 31.2 Å². The third kappa shape index (κ3) is 2.59. The summed E-state index contributed by atoms with van der Waals surface area (Å²) in [6, 6.07) is 8.53. The highest BCUT2D eigenvalue weighted by Crippen LogP contribution is 2.22. The topological polar surface area (TPSA) is 34.1 Å². The monoisotopic (exact) mass is 246 g/mol. The number of rotatable bonds is 4. The first-order chi connectivity index (χ1) is 8.72. The summed E-state index contributed by atoms with van der Waals surface area (Å²) in [5, 5.41) is 2.95. The molecule has 1 aromatic carbocycles. The molecule has 1 N–H and O–H groups in total. The van der Waals surface area contributed by atoms with Gasteiger partial charge in [0.05, 0.1) is 5.69 Å². The van der Waals surface area contributed by atoms with E-state index in [9.17, 15) is 4.39 Å². The van der Waals surface area contributed by atoms with Gasteiger partial charge >= 0.3 is 0 Å². The highest BCUT2D eigenvalue weighted by atomic mass is 19.1. The summed E-state index contributed by atoms with van der Waals surface area (Å²) < 4.78 is 19.3. The molecular weight excluding hydrogens is 231 g/mol. The normalized spacial score (nSPS) is 10.2. The lowest BCUT2D eigenvalue weighted by atomic mass is 10.2. The number of anilines is 1. The number of halogens is 1. The number of pyridine rings is 1. The molecule has 0 aliphatic rings. The van der Waals surface area contributed by atoms with Crippen molar-refractivity contribution in [2.45, 2.75) is 13.5 Å². The first-order valence-electron chi connectivity index (χ1n) is 5.72. The van der Waals surface area contributed by atoms with Gasteiger partial charge < -0.3 is 10.1 Å². The van der Waals surface area contributed by atoms with E-state index < -0.39 is 0 Å². The van der Waals surface area contributed by atoms with Crippen molar-refractivity contribution in [1.29, 1.82) is 0 Å². The number of nitrogens with zero attached hydrogens (tertiary/aromatic N) is 1. The third-order valence-electron chi connectivity index (χ3n) is 2.72. The Morgan fingerprint density at radius 1 is 1.28 bits per heavy atom. The number of nitrogens with one attached hydrogen (secondary N) is 1. The van der Waals surface area contributed by atoms with Crippen LogP contribution in [0.5, 0.6) is 5.75 Å². The Kier molecular flexibility index (Phi) is 3.77. The molecule has 0 fully saturated rings. The Hall–Kier alpha value is -2.10. The molecule has 0 aliphatic carbocycles. The molecule has 0 saturated carbocycles. The van der Waals surface area contributed by atoms with Crippen LogP contribution >= 0.6 is 0 Å². The van der Waals surface area contributed by atoms with Crippen molar-refractivity contribution in [3.8, 4) is 5.75 Å². The summed E-state index contributed by atoms with van der Waals surface area (Å²) in [5.41, 5.74) is 2.04. The summed E-state index contributed by atoms with van der Waals surface area (Å²) in [5.74, 6) is 0.395. The molecule has 0 radical (unpaired) electrons. The second-order valence-corrected chi connectivity index (χ2v) is 3.89. The van der Waals surface area contributed by atoms with Gasteiger partial charge in [-0.25, -0.2) is 4.39 Å². The van der Waals surface area contributed by atoms with Crippen LogP contribution in [0.15, 0.2) is 36.5 Å². The number of aryl methyl sites for hydroxylation is 1. The first kappa shape index (κ1) is 12.4. The average Bonchev–Trinajstić information content (AvgIpc) is 2.39. The Balaban J connectivity index is 2.18. The van der Waals surface area contributed by atoms with E-state index in [2.05, 4.69) is 10.3 Å². The Morgan fingerprint density at radius 3 is 2.83 bits per heavy atom. The molecule has 0 saturated heterocycles. The lowest BCUT2D eigenvalue weighted by Crippen LogP contribution is -2.04. The maximum atomic E-state index is 13.7. The van der Waals surface area contributed by atoms with E-state index in [1.165, 1.54) is 6.07 Å². The van der Waals surface area contributed by atoms with Gasteiger partial charge in [-0.1, -0.05) is 6.07 Å². The van der Waals surface area contributed by atoms with E-state index in [0.717, 1.165) is 11.4 Å². The minimum Gasteiger partial charge on any atom is -0.487 e. The van der Waals surface area contributed by atoms with Crippen molar-refractivity contribution in [2.75, 3.05) is 12.4 Å². The molecule has 0 bridgehead atoms. The molecule has 1 heterocycles. The van der Waals surface area contributed by atoms with E-state index in [4.69, 9.17) is 4.74 Å². The van der Waals surface area contributed by atoms with Crippen LogP contribution in [-0.2, 0) is 6.61 Å². The van der Waals surface area contributed by atoms with Crippen LogP contribution in [0.4, 0.5) is 10.1 Å². The molecule has 94 valence electrons. The zero-order valence-corrected chi connectivity index (χ0v) is 10.4. The fourth-order valence-electron chi connectivity index (χ4n) is 1.71.